The maximum absolute atomic E-state index is 14.4. The van der Waals surface area contributed by atoms with Gasteiger partial charge in [-0.25, -0.2) is 14.4 Å². The third-order valence-electron chi connectivity index (χ3n) is 5.41. The van der Waals surface area contributed by atoms with E-state index in [9.17, 15) is 9.18 Å². The molecule has 1 amide bonds. The zero-order valence-corrected chi connectivity index (χ0v) is 17.8. The largest absolute Gasteiger partial charge is 0.323 e. The lowest BCUT2D eigenvalue weighted by molar-refractivity contribution is 0.0992. The Morgan fingerprint density at radius 3 is 2.65 bits per heavy atom. The minimum Gasteiger partial charge on any atom is -0.323 e. The van der Waals surface area contributed by atoms with Crippen LogP contribution in [0.2, 0.25) is 0 Å². The third kappa shape index (κ3) is 4.33. The highest BCUT2D eigenvalue weighted by molar-refractivity contribution is 6.06. The Kier molecular flexibility index (Phi) is 6.07. The first kappa shape index (κ1) is 20.7. The smallest absolute Gasteiger partial charge is 0.259 e. The quantitative estimate of drug-likeness (QED) is 0.414. The van der Waals surface area contributed by atoms with Crippen LogP contribution in [0.15, 0.2) is 66.9 Å². The van der Waals surface area contributed by atoms with E-state index in [-0.39, 0.29) is 11.7 Å². The molecule has 0 saturated heterocycles. The highest BCUT2D eigenvalue weighted by atomic mass is 19.1. The van der Waals surface area contributed by atoms with Crippen LogP contribution >= 0.6 is 0 Å². The van der Waals surface area contributed by atoms with Gasteiger partial charge in [-0.1, -0.05) is 37.6 Å². The first-order valence-electron chi connectivity index (χ1n) is 10.5. The van der Waals surface area contributed by atoms with Gasteiger partial charge in [-0.3, -0.25) is 9.69 Å². The molecule has 0 aliphatic rings. The lowest BCUT2D eigenvalue weighted by Crippen LogP contribution is -2.27. The number of hydrogen-bond acceptors (Lipinski definition) is 3. The fourth-order valence-electron chi connectivity index (χ4n) is 3.65. The molecule has 0 atom stereocenters. The van der Waals surface area contributed by atoms with E-state index in [1.807, 2.05) is 34.9 Å². The molecule has 2 aromatic heterocycles. The fourth-order valence-corrected chi connectivity index (χ4v) is 3.65. The predicted octanol–water partition coefficient (Wildman–Crippen LogP) is 5.24. The van der Waals surface area contributed by atoms with Gasteiger partial charge >= 0.3 is 0 Å². The summed E-state index contributed by atoms with van der Waals surface area (Å²) < 4.78 is 16.4. The number of nitrogens with zero attached hydrogens (tertiary/aromatic N) is 4. The van der Waals surface area contributed by atoms with E-state index >= 15 is 0 Å². The summed E-state index contributed by atoms with van der Waals surface area (Å²) in [6, 6.07) is 17.7. The van der Waals surface area contributed by atoms with Gasteiger partial charge < -0.3 is 4.57 Å². The normalized spacial score (nSPS) is 11.1. The zero-order valence-electron chi connectivity index (χ0n) is 17.8. The highest BCUT2D eigenvalue weighted by Gasteiger charge is 2.18. The van der Waals surface area contributed by atoms with Gasteiger partial charge in [-0.2, -0.15) is 0 Å². The average molecular weight is 417 g/mol. The maximum Gasteiger partial charge on any atom is 0.259 e. The highest BCUT2D eigenvalue weighted by Crippen LogP contribution is 2.23. The number of imidazole rings is 1. The van der Waals surface area contributed by atoms with Crippen LogP contribution in [-0.4, -0.2) is 27.5 Å². The molecule has 0 saturated carbocycles. The van der Waals surface area contributed by atoms with Crippen molar-refractivity contribution in [2.45, 2.75) is 32.7 Å². The minimum atomic E-state index is -0.243. The van der Waals surface area contributed by atoms with Crippen LogP contribution in [0.25, 0.3) is 11.0 Å². The first-order chi connectivity index (χ1) is 15.1. The van der Waals surface area contributed by atoms with Gasteiger partial charge in [0.1, 0.15) is 17.5 Å². The van der Waals surface area contributed by atoms with Gasteiger partial charge in [0.2, 0.25) is 0 Å². The molecule has 31 heavy (non-hydrogen) atoms. The number of aryl methyl sites for hydroxylation is 1. The molecule has 2 heterocycles. The number of amides is 1. The Balaban J connectivity index is 1.75. The minimum absolute atomic E-state index is 0.158. The molecule has 6 heteroatoms. The van der Waals surface area contributed by atoms with E-state index in [0.717, 1.165) is 36.1 Å². The van der Waals surface area contributed by atoms with Crippen LogP contribution in [0.1, 0.15) is 41.5 Å². The van der Waals surface area contributed by atoms with E-state index in [1.165, 1.54) is 11.0 Å². The van der Waals surface area contributed by atoms with Gasteiger partial charge in [-0.05, 0) is 42.8 Å². The number of rotatable bonds is 7. The number of carbonyl (C=O) groups is 1. The van der Waals surface area contributed by atoms with E-state index in [4.69, 9.17) is 4.98 Å². The summed E-state index contributed by atoms with van der Waals surface area (Å²) in [5.41, 5.74) is 2.77. The lowest BCUT2D eigenvalue weighted by Gasteiger charge is -2.16. The molecule has 5 nitrogen and oxygen atoms in total. The fraction of sp³-hybridized carbons (Fsp3) is 0.240. The molecule has 0 bridgehead atoms. The van der Waals surface area contributed by atoms with Gasteiger partial charge in [0, 0.05) is 30.8 Å². The molecule has 0 spiro atoms. The molecule has 0 aliphatic carbocycles. The Morgan fingerprint density at radius 1 is 1.10 bits per heavy atom. The summed E-state index contributed by atoms with van der Waals surface area (Å²) in [5, 5.41) is 0. The van der Waals surface area contributed by atoms with E-state index in [2.05, 4.69) is 11.9 Å². The Morgan fingerprint density at radius 2 is 1.90 bits per heavy atom. The number of halogens is 1. The van der Waals surface area contributed by atoms with Gasteiger partial charge in [0.05, 0.1) is 17.6 Å². The van der Waals surface area contributed by atoms with Crippen LogP contribution in [0, 0.1) is 5.82 Å². The van der Waals surface area contributed by atoms with Crippen LogP contribution in [0.5, 0.6) is 0 Å². The molecular weight excluding hydrogens is 391 g/mol. The van der Waals surface area contributed by atoms with Crippen molar-refractivity contribution in [3.05, 3.63) is 89.6 Å². The maximum atomic E-state index is 14.4. The zero-order chi connectivity index (χ0) is 21.8. The number of hydrogen-bond donors (Lipinski definition) is 0. The number of benzene rings is 2. The standard InChI is InChI=1S/C25H25FN4O/c1-3-4-11-24-28-21-14-13-18(25(31)29(2)23-12-7-8-15-27-23)16-22(21)30(24)17-19-9-5-6-10-20(19)26/h5-10,12-16H,3-4,11,17H2,1-2H3. The number of aromatic nitrogens is 3. The Bertz CT molecular complexity index is 1200. The number of unbranched alkanes of at least 4 members (excludes halogenated alkanes) is 1. The monoisotopic (exact) mass is 416 g/mol. The molecule has 158 valence electrons. The van der Waals surface area contributed by atoms with Crippen molar-refractivity contribution in [3.63, 3.8) is 0 Å². The first-order valence-corrected chi connectivity index (χ1v) is 10.5. The van der Waals surface area contributed by atoms with Crippen molar-refractivity contribution in [1.29, 1.82) is 0 Å². The second-order valence-electron chi connectivity index (χ2n) is 7.56. The second kappa shape index (κ2) is 9.08. The van der Waals surface area contributed by atoms with Crippen LogP contribution < -0.4 is 4.90 Å². The predicted molar refractivity (Wildman–Crippen MR) is 121 cm³/mol. The van der Waals surface area contributed by atoms with Crippen molar-refractivity contribution in [2.75, 3.05) is 11.9 Å². The van der Waals surface area contributed by atoms with Crippen molar-refractivity contribution in [2.24, 2.45) is 0 Å². The van der Waals surface area contributed by atoms with E-state index in [1.54, 1.807) is 37.5 Å². The summed E-state index contributed by atoms with van der Waals surface area (Å²) in [5.74, 6) is 1.08. The van der Waals surface area contributed by atoms with E-state index in [0.29, 0.717) is 23.5 Å². The van der Waals surface area contributed by atoms with Crippen molar-refractivity contribution in [3.8, 4) is 0 Å². The molecule has 4 rings (SSSR count). The molecular formula is C25H25FN4O. The summed E-state index contributed by atoms with van der Waals surface area (Å²) in [6.07, 6.45) is 4.50. The Hall–Kier alpha value is -3.54. The lowest BCUT2D eigenvalue weighted by atomic mass is 10.1. The number of anilines is 1. The number of pyridine rings is 1. The van der Waals surface area contributed by atoms with Crippen molar-refractivity contribution < 1.29 is 9.18 Å². The van der Waals surface area contributed by atoms with Crippen LogP contribution in [0.4, 0.5) is 10.2 Å². The molecule has 0 unspecified atom stereocenters. The van der Waals surface area contributed by atoms with Gasteiger partial charge in [0.25, 0.3) is 5.91 Å². The Labute approximate surface area is 181 Å². The van der Waals surface area contributed by atoms with Crippen molar-refractivity contribution in [1.82, 2.24) is 14.5 Å². The summed E-state index contributed by atoms with van der Waals surface area (Å²) in [4.78, 5) is 23.6. The summed E-state index contributed by atoms with van der Waals surface area (Å²) >= 11 is 0. The number of fused-ring (bicyclic) bond motifs is 1. The van der Waals surface area contributed by atoms with Crippen molar-refractivity contribution >= 4 is 22.8 Å². The molecule has 0 N–H and O–H groups in total. The topological polar surface area (TPSA) is 51.0 Å². The van der Waals surface area contributed by atoms with E-state index < -0.39 is 0 Å². The molecule has 4 aromatic rings. The molecule has 0 aliphatic heterocycles. The molecule has 2 aromatic carbocycles. The van der Waals surface area contributed by atoms with Gasteiger partial charge in [-0.15, -0.1) is 0 Å². The van der Waals surface area contributed by atoms with Crippen LogP contribution in [0.3, 0.4) is 0 Å². The SMILES string of the molecule is CCCCc1nc2ccc(C(=O)N(C)c3ccccn3)cc2n1Cc1ccccc1F. The van der Waals surface area contributed by atoms with Crippen LogP contribution in [-0.2, 0) is 13.0 Å². The summed E-state index contributed by atoms with van der Waals surface area (Å²) in [7, 11) is 1.71. The molecule has 0 fully saturated rings. The summed E-state index contributed by atoms with van der Waals surface area (Å²) in [6.45, 7) is 2.50. The average Bonchev–Trinajstić information content (AvgIpc) is 3.15. The third-order valence-corrected chi connectivity index (χ3v) is 5.41. The molecule has 0 radical (unpaired) electrons. The second-order valence-corrected chi connectivity index (χ2v) is 7.56. The van der Waals surface area contributed by atoms with Gasteiger partial charge in [0.15, 0.2) is 0 Å². The number of carbonyl (C=O) groups excluding carboxylic acids is 1.